The number of para-hydroxylation sites is 1. The van der Waals surface area contributed by atoms with Gasteiger partial charge in [-0.25, -0.2) is 4.79 Å². The molecule has 4 fully saturated rings. The number of carbonyl (C=O) groups is 5. The molecule has 1 heterocycles. The van der Waals surface area contributed by atoms with Crippen molar-refractivity contribution in [3.05, 3.63) is 30.3 Å². The molecule has 4 N–H and O–H groups in total. The van der Waals surface area contributed by atoms with Crippen molar-refractivity contribution in [3.63, 3.8) is 0 Å². The van der Waals surface area contributed by atoms with Crippen LogP contribution in [-0.2, 0) is 19.2 Å². The summed E-state index contributed by atoms with van der Waals surface area (Å²) in [4.78, 5) is 69.3. The number of hydrogen-bond donors (Lipinski definition) is 3. The fourth-order valence-electron chi connectivity index (χ4n) is 7.56. The molecule has 5 unspecified atom stereocenters. The third-order valence-electron chi connectivity index (χ3n) is 10.5. The highest BCUT2D eigenvalue weighted by Gasteiger charge is 2.69. The Hall–Kier alpha value is -3.43. The first kappa shape index (κ1) is 30.0. The number of Topliss-reactive ketones (excluding diaryl/α,β-unsaturated/α-hetero) is 1. The summed E-state index contributed by atoms with van der Waals surface area (Å²) in [5.41, 5.74) is 5.92. The van der Waals surface area contributed by atoms with Gasteiger partial charge in [-0.2, -0.15) is 0 Å². The van der Waals surface area contributed by atoms with Crippen LogP contribution in [0, 0.1) is 29.1 Å². The largest absolute Gasteiger partial charge is 0.363 e. The molecule has 3 saturated carbocycles. The molecule has 10 nitrogen and oxygen atoms in total. The van der Waals surface area contributed by atoms with Crippen LogP contribution in [0.15, 0.2) is 30.3 Å². The molecule has 1 aromatic carbocycles. The normalized spacial score (nSPS) is 26.3. The number of nitrogens with two attached hydrogens (primary N) is 1. The van der Waals surface area contributed by atoms with Crippen molar-refractivity contribution in [1.82, 2.24) is 15.5 Å². The summed E-state index contributed by atoms with van der Waals surface area (Å²) in [7, 11) is 1.68. The van der Waals surface area contributed by atoms with Crippen LogP contribution in [0.1, 0.15) is 71.6 Å². The van der Waals surface area contributed by atoms with Crippen molar-refractivity contribution in [2.45, 2.75) is 89.8 Å². The van der Waals surface area contributed by atoms with Crippen LogP contribution in [0.25, 0.3) is 0 Å². The van der Waals surface area contributed by atoms with Crippen LogP contribution >= 0.6 is 0 Å². The van der Waals surface area contributed by atoms with Crippen molar-refractivity contribution in [2.24, 2.45) is 34.8 Å². The van der Waals surface area contributed by atoms with E-state index in [-0.39, 0.29) is 41.0 Å². The molecular formula is C32H45N5O5. The van der Waals surface area contributed by atoms with Gasteiger partial charge in [-0.3, -0.25) is 24.1 Å². The predicted octanol–water partition coefficient (Wildman–Crippen LogP) is 2.99. The molecule has 0 spiro atoms. The fraction of sp³-hybridized carbons (Fsp3) is 0.656. The molecule has 42 heavy (non-hydrogen) atoms. The molecule has 1 aliphatic heterocycles. The van der Waals surface area contributed by atoms with E-state index in [1.165, 1.54) is 4.90 Å². The molecule has 0 aromatic heterocycles. The number of amides is 5. The summed E-state index contributed by atoms with van der Waals surface area (Å²) < 4.78 is 0. The molecular weight excluding hydrogens is 534 g/mol. The molecule has 5 atom stereocenters. The quantitative estimate of drug-likeness (QED) is 0.366. The Labute approximate surface area is 248 Å². The monoisotopic (exact) mass is 579 g/mol. The van der Waals surface area contributed by atoms with Crippen LogP contribution in [0.3, 0.4) is 0 Å². The van der Waals surface area contributed by atoms with E-state index in [1.807, 2.05) is 30.3 Å². The Morgan fingerprint density at radius 1 is 0.976 bits per heavy atom. The zero-order valence-electron chi connectivity index (χ0n) is 25.0. The summed E-state index contributed by atoms with van der Waals surface area (Å²) in [5.74, 6) is -2.23. The van der Waals surface area contributed by atoms with Gasteiger partial charge in [0.2, 0.25) is 17.6 Å². The number of urea groups is 1. The third kappa shape index (κ3) is 5.90. The maximum absolute atomic E-state index is 14.4. The predicted molar refractivity (Wildman–Crippen MR) is 158 cm³/mol. The molecule has 0 radical (unpaired) electrons. The van der Waals surface area contributed by atoms with Gasteiger partial charge in [0.05, 0.1) is 6.04 Å². The van der Waals surface area contributed by atoms with E-state index in [1.54, 1.807) is 11.9 Å². The zero-order valence-corrected chi connectivity index (χ0v) is 25.0. The van der Waals surface area contributed by atoms with E-state index in [4.69, 9.17) is 5.73 Å². The van der Waals surface area contributed by atoms with Gasteiger partial charge in [0, 0.05) is 19.3 Å². The number of nitrogens with zero attached hydrogens (tertiary/aromatic N) is 2. The number of carbonyl (C=O) groups excluding carboxylic acids is 5. The van der Waals surface area contributed by atoms with Gasteiger partial charge in [0.1, 0.15) is 12.1 Å². The Bertz CT molecular complexity index is 1210. The number of primary amides is 1. The Balaban J connectivity index is 1.37. The molecule has 228 valence electrons. The van der Waals surface area contributed by atoms with Gasteiger partial charge in [-0.1, -0.05) is 70.6 Å². The van der Waals surface area contributed by atoms with Crippen molar-refractivity contribution in [3.8, 4) is 0 Å². The highest BCUT2D eigenvalue weighted by atomic mass is 16.2. The maximum atomic E-state index is 14.4. The van der Waals surface area contributed by atoms with Crippen molar-refractivity contribution in [1.29, 1.82) is 0 Å². The van der Waals surface area contributed by atoms with Crippen molar-refractivity contribution < 1.29 is 24.0 Å². The van der Waals surface area contributed by atoms with Gasteiger partial charge in [-0.15, -0.1) is 0 Å². The average Bonchev–Trinajstić information content (AvgIpc) is 3.28. The molecule has 3 aliphatic carbocycles. The lowest BCUT2D eigenvalue weighted by Crippen LogP contribution is -2.60. The van der Waals surface area contributed by atoms with Crippen LogP contribution < -0.4 is 21.3 Å². The van der Waals surface area contributed by atoms with E-state index in [0.717, 1.165) is 51.4 Å². The second-order valence-corrected chi connectivity index (χ2v) is 13.4. The zero-order chi connectivity index (χ0) is 30.2. The van der Waals surface area contributed by atoms with E-state index >= 15 is 0 Å². The minimum absolute atomic E-state index is 0.0316. The van der Waals surface area contributed by atoms with Gasteiger partial charge >= 0.3 is 6.03 Å². The minimum atomic E-state index is -1.06. The highest BCUT2D eigenvalue weighted by molar-refractivity contribution is 6.37. The smallest absolute Gasteiger partial charge is 0.322 e. The number of benzene rings is 1. The molecule has 5 rings (SSSR count). The van der Waals surface area contributed by atoms with Crippen molar-refractivity contribution >= 4 is 35.2 Å². The lowest BCUT2D eigenvalue weighted by atomic mass is 9.80. The van der Waals surface area contributed by atoms with E-state index < -0.39 is 35.7 Å². The van der Waals surface area contributed by atoms with Gasteiger partial charge in [0.15, 0.2) is 0 Å². The number of likely N-dealkylation sites (tertiary alicyclic amines) is 1. The first-order valence-corrected chi connectivity index (χ1v) is 15.5. The first-order chi connectivity index (χ1) is 20.0. The number of hydrogen-bond acceptors (Lipinski definition) is 5. The summed E-state index contributed by atoms with van der Waals surface area (Å²) >= 11 is 0. The summed E-state index contributed by atoms with van der Waals surface area (Å²) in [6, 6.07) is 6.34. The Kier molecular flexibility index (Phi) is 8.62. The van der Waals surface area contributed by atoms with Crippen LogP contribution in [-0.4, -0.2) is 66.2 Å². The number of ketones is 1. The second-order valence-electron chi connectivity index (χ2n) is 13.4. The minimum Gasteiger partial charge on any atom is -0.363 e. The number of nitrogens with one attached hydrogen (secondary N) is 2. The molecule has 5 amide bonds. The SMILES string of the molecule is CN(C(=O)NC(C(=O)N1CC2C(C1C(=O)NC(CC1CCC1)C(=O)C(N)=O)C2(C)C)C1CCCCC1)c1ccccc1. The first-order valence-electron chi connectivity index (χ1n) is 15.5. The lowest BCUT2D eigenvalue weighted by molar-refractivity contribution is -0.144. The summed E-state index contributed by atoms with van der Waals surface area (Å²) in [5, 5.41) is 5.87. The standard InChI is InChI=1S/C32H45N5O5/c1-32(2)22-18-37(26(24(22)32)29(40)34-23(27(38)28(33)39)17-19-11-10-12-19)30(41)25(20-13-6-4-7-14-20)35-31(42)36(3)21-15-8-5-9-16-21/h5,8-9,15-16,19-20,22-26H,4,6-7,10-14,17-18H2,1-3H3,(H2,33,39)(H,34,40)(H,35,42). The Morgan fingerprint density at radius 3 is 2.24 bits per heavy atom. The van der Waals surface area contributed by atoms with E-state index in [2.05, 4.69) is 24.5 Å². The average molecular weight is 580 g/mol. The topological polar surface area (TPSA) is 142 Å². The van der Waals surface area contributed by atoms with Crippen molar-refractivity contribution in [2.75, 3.05) is 18.5 Å². The van der Waals surface area contributed by atoms with Gasteiger partial charge < -0.3 is 21.3 Å². The number of rotatable bonds is 10. The molecule has 10 heteroatoms. The third-order valence-corrected chi connectivity index (χ3v) is 10.5. The number of anilines is 1. The lowest BCUT2D eigenvalue weighted by Gasteiger charge is -2.38. The van der Waals surface area contributed by atoms with E-state index in [9.17, 15) is 24.0 Å². The molecule has 4 aliphatic rings. The number of piperidine rings is 1. The fourth-order valence-corrected chi connectivity index (χ4v) is 7.56. The van der Waals surface area contributed by atoms with Gasteiger partial charge in [0.25, 0.3) is 5.91 Å². The van der Waals surface area contributed by atoms with Crippen LogP contribution in [0.2, 0.25) is 0 Å². The van der Waals surface area contributed by atoms with Crippen LogP contribution in [0.4, 0.5) is 10.5 Å². The molecule has 1 aromatic rings. The second kappa shape index (κ2) is 12.1. The Morgan fingerprint density at radius 2 is 1.64 bits per heavy atom. The van der Waals surface area contributed by atoms with Crippen LogP contribution in [0.5, 0.6) is 0 Å². The van der Waals surface area contributed by atoms with E-state index in [0.29, 0.717) is 18.7 Å². The summed E-state index contributed by atoms with van der Waals surface area (Å²) in [6.45, 7) is 4.61. The van der Waals surface area contributed by atoms with Gasteiger partial charge in [-0.05, 0) is 60.5 Å². The number of fused-ring (bicyclic) bond motifs is 1. The highest BCUT2D eigenvalue weighted by Crippen LogP contribution is 2.65. The molecule has 0 bridgehead atoms. The summed E-state index contributed by atoms with van der Waals surface area (Å²) in [6.07, 6.45) is 8.05. The maximum Gasteiger partial charge on any atom is 0.322 e. The molecule has 1 saturated heterocycles.